The third-order valence-corrected chi connectivity index (χ3v) is 3.18. The van der Waals surface area contributed by atoms with Gasteiger partial charge < -0.3 is 14.1 Å². The SMILES string of the molecule is COC(=O)C1CCCCN1C(=O)c1ccc(=O)oc1. The van der Waals surface area contributed by atoms with E-state index in [1.807, 2.05) is 0 Å². The number of carbonyl (C=O) groups is 2. The first-order valence-electron chi connectivity index (χ1n) is 6.11. The summed E-state index contributed by atoms with van der Waals surface area (Å²) in [6.07, 6.45) is 3.44. The predicted octanol–water partition coefficient (Wildman–Crippen LogP) is 0.807. The number of hydrogen-bond acceptors (Lipinski definition) is 5. The molecule has 0 spiro atoms. The summed E-state index contributed by atoms with van der Waals surface area (Å²) >= 11 is 0. The van der Waals surface area contributed by atoms with E-state index < -0.39 is 17.6 Å². The van der Waals surface area contributed by atoms with Crippen molar-refractivity contribution >= 4 is 11.9 Å². The largest absolute Gasteiger partial charge is 0.467 e. The standard InChI is InChI=1S/C13H15NO5/c1-18-13(17)10-4-2-3-7-14(10)12(16)9-5-6-11(15)19-8-9/h5-6,8,10H,2-4,7H2,1H3. The Morgan fingerprint density at radius 2 is 2.16 bits per heavy atom. The van der Waals surface area contributed by atoms with Crippen LogP contribution in [-0.2, 0) is 9.53 Å². The minimum Gasteiger partial charge on any atom is -0.467 e. The zero-order valence-corrected chi connectivity index (χ0v) is 10.6. The molecule has 1 unspecified atom stereocenters. The molecule has 0 radical (unpaired) electrons. The molecule has 1 aromatic heterocycles. The molecule has 2 heterocycles. The lowest BCUT2D eigenvalue weighted by Gasteiger charge is -2.33. The maximum Gasteiger partial charge on any atom is 0.335 e. The second kappa shape index (κ2) is 5.69. The molecule has 102 valence electrons. The minimum atomic E-state index is -0.557. The van der Waals surface area contributed by atoms with Gasteiger partial charge in [0.25, 0.3) is 5.91 Å². The molecule has 1 aliphatic rings. The van der Waals surface area contributed by atoms with E-state index in [-0.39, 0.29) is 11.5 Å². The van der Waals surface area contributed by atoms with Crippen molar-refractivity contribution in [3.63, 3.8) is 0 Å². The lowest BCUT2D eigenvalue weighted by Crippen LogP contribution is -2.48. The molecule has 0 aliphatic carbocycles. The van der Waals surface area contributed by atoms with Gasteiger partial charge in [0.2, 0.25) is 0 Å². The van der Waals surface area contributed by atoms with Crippen LogP contribution in [0.3, 0.4) is 0 Å². The number of nitrogens with zero attached hydrogens (tertiary/aromatic N) is 1. The Balaban J connectivity index is 2.22. The molecular weight excluding hydrogens is 250 g/mol. The van der Waals surface area contributed by atoms with Crippen molar-refractivity contribution in [2.75, 3.05) is 13.7 Å². The van der Waals surface area contributed by atoms with Crippen molar-refractivity contribution < 1.29 is 18.7 Å². The van der Waals surface area contributed by atoms with Crippen LogP contribution in [0, 0.1) is 0 Å². The molecule has 2 rings (SSSR count). The zero-order valence-electron chi connectivity index (χ0n) is 10.6. The Labute approximate surface area is 110 Å². The third-order valence-electron chi connectivity index (χ3n) is 3.18. The third kappa shape index (κ3) is 2.83. The number of rotatable bonds is 2. The maximum atomic E-state index is 12.3. The highest BCUT2D eigenvalue weighted by Gasteiger charge is 2.33. The van der Waals surface area contributed by atoms with E-state index in [4.69, 9.17) is 4.74 Å². The van der Waals surface area contributed by atoms with Gasteiger partial charge in [0, 0.05) is 12.6 Å². The number of hydrogen-bond donors (Lipinski definition) is 0. The van der Waals surface area contributed by atoms with E-state index in [0.717, 1.165) is 19.1 Å². The van der Waals surface area contributed by atoms with E-state index in [1.54, 1.807) is 0 Å². The first-order chi connectivity index (χ1) is 9.13. The van der Waals surface area contributed by atoms with Crippen LogP contribution in [0.2, 0.25) is 0 Å². The van der Waals surface area contributed by atoms with Crippen LogP contribution in [0.4, 0.5) is 0 Å². The van der Waals surface area contributed by atoms with Crippen molar-refractivity contribution in [1.82, 2.24) is 4.90 Å². The molecule has 6 heteroatoms. The van der Waals surface area contributed by atoms with Gasteiger partial charge in [-0.3, -0.25) is 4.79 Å². The Kier molecular flexibility index (Phi) is 3.99. The van der Waals surface area contributed by atoms with Crippen LogP contribution in [-0.4, -0.2) is 36.5 Å². The highest BCUT2D eigenvalue weighted by Crippen LogP contribution is 2.20. The highest BCUT2D eigenvalue weighted by molar-refractivity contribution is 5.96. The summed E-state index contributed by atoms with van der Waals surface area (Å²) in [4.78, 5) is 36.3. The zero-order chi connectivity index (χ0) is 13.8. The molecule has 1 saturated heterocycles. The second-order valence-corrected chi connectivity index (χ2v) is 4.38. The number of piperidine rings is 1. The van der Waals surface area contributed by atoms with Crippen LogP contribution in [0.25, 0.3) is 0 Å². The number of esters is 1. The normalized spacial score (nSPS) is 19.0. The molecule has 0 N–H and O–H groups in total. The summed E-state index contributed by atoms with van der Waals surface area (Å²) in [5.74, 6) is -0.732. The van der Waals surface area contributed by atoms with E-state index in [9.17, 15) is 14.4 Å². The van der Waals surface area contributed by atoms with Gasteiger partial charge in [-0.05, 0) is 25.3 Å². The van der Waals surface area contributed by atoms with Crippen LogP contribution < -0.4 is 5.63 Å². The fourth-order valence-corrected chi connectivity index (χ4v) is 2.20. The topological polar surface area (TPSA) is 76.8 Å². The maximum absolute atomic E-state index is 12.3. The predicted molar refractivity (Wildman–Crippen MR) is 65.7 cm³/mol. The van der Waals surface area contributed by atoms with Crippen LogP contribution in [0.1, 0.15) is 29.6 Å². The summed E-state index contributed by atoms with van der Waals surface area (Å²) in [6.45, 7) is 0.498. The average Bonchev–Trinajstić information content (AvgIpc) is 2.46. The van der Waals surface area contributed by atoms with Gasteiger partial charge >= 0.3 is 11.6 Å². The van der Waals surface area contributed by atoms with Crippen molar-refractivity contribution in [2.45, 2.75) is 25.3 Å². The average molecular weight is 265 g/mol. The van der Waals surface area contributed by atoms with Crippen molar-refractivity contribution in [2.24, 2.45) is 0 Å². The quantitative estimate of drug-likeness (QED) is 0.739. The summed E-state index contributed by atoms with van der Waals surface area (Å²) in [5, 5.41) is 0. The minimum absolute atomic E-state index is 0.260. The Morgan fingerprint density at radius 1 is 1.37 bits per heavy atom. The molecule has 1 aromatic rings. The number of methoxy groups -OCH3 is 1. The molecule has 1 atom stereocenters. The van der Waals surface area contributed by atoms with E-state index >= 15 is 0 Å². The van der Waals surface area contributed by atoms with Gasteiger partial charge in [-0.2, -0.15) is 0 Å². The van der Waals surface area contributed by atoms with E-state index in [2.05, 4.69) is 4.42 Å². The molecule has 0 saturated carbocycles. The van der Waals surface area contributed by atoms with E-state index in [1.165, 1.54) is 24.1 Å². The molecule has 1 fully saturated rings. The van der Waals surface area contributed by atoms with Gasteiger partial charge in [-0.15, -0.1) is 0 Å². The highest BCUT2D eigenvalue weighted by atomic mass is 16.5. The van der Waals surface area contributed by atoms with Crippen LogP contribution in [0.5, 0.6) is 0 Å². The molecule has 1 amide bonds. The van der Waals surface area contributed by atoms with Gasteiger partial charge in [-0.25, -0.2) is 9.59 Å². The monoisotopic (exact) mass is 265 g/mol. The molecule has 0 bridgehead atoms. The Hall–Kier alpha value is -2.11. The second-order valence-electron chi connectivity index (χ2n) is 4.38. The first-order valence-corrected chi connectivity index (χ1v) is 6.11. The Bertz CT molecular complexity index is 516. The molecule has 6 nitrogen and oxygen atoms in total. The summed E-state index contributed by atoms with van der Waals surface area (Å²) in [6, 6.07) is 2.03. The number of likely N-dealkylation sites (tertiary alicyclic amines) is 1. The Morgan fingerprint density at radius 3 is 2.79 bits per heavy atom. The van der Waals surface area contributed by atoms with Crippen molar-refractivity contribution in [3.8, 4) is 0 Å². The number of carbonyl (C=O) groups excluding carboxylic acids is 2. The fraction of sp³-hybridized carbons (Fsp3) is 0.462. The van der Waals surface area contributed by atoms with Gasteiger partial charge in [0.1, 0.15) is 12.3 Å². The smallest absolute Gasteiger partial charge is 0.335 e. The van der Waals surface area contributed by atoms with Gasteiger partial charge in [-0.1, -0.05) is 0 Å². The number of ether oxygens (including phenoxy) is 1. The molecule has 19 heavy (non-hydrogen) atoms. The van der Waals surface area contributed by atoms with Crippen molar-refractivity contribution in [3.05, 3.63) is 34.4 Å². The van der Waals surface area contributed by atoms with Gasteiger partial charge in [0.15, 0.2) is 0 Å². The lowest BCUT2D eigenvalue weighted by atomic mass is 10.0. The summed E-state index contributed by atoms with van der Waals surface area (Å²) in [7, 11) is 1.31. The summed E-state index contributed by atoms with van der Waals surface area (Å²) < 4.78 is 9.39. The molecule has 1 aliphatic heterocycles. The summed E-state index contributed by atoms with van der Waals surface area (Å²) in [5.41, 5.74) is -0.255. The van der Waals surface area contributed by atoms with E-state index in [0.29, 0.717) is 13.0 Å². The molecular formula is C13H15NO5. The van der Waals surface area contributed by atoms with Crippen LogP contribution in [0.15, 0.2) is 27.6 Å². The van der Waals surface area contributed by atoms with Crippen LogP contribution >= 0.6 is 0 Å². The van der Waals surface area contributed by atoms with Gasteiger partial charge in [0.05, 0.1) is 12.7 Å². The fourth-order valence-electron chi connectivity index (χ4n) is 2.20. The molecule has 0 aromatic carbocycles. The van der Waals surface area contributed by atoms with Crippen molar-refractivity contribution in [1.29, 1.82) is 0 Å². The first kappa shape index (κ1) is 13.3. The number of amides is 1. The lowest BCUT2D eigenvalue weighted by molar-refractivity contribution is -0.147.